The maximum atomic E-state index is 12.2. The van der Waals surface area contributed by atoms with E-state index < -0.39 is 16.6 Å². The molecule has 0 aliphatic heterocycles. The zero-order chi connectivity index (χ0) is 14.7. The number of nitrogens with one attached hydrogen (secondary N) is 2. The number of carbonyl (C=O) groups excluding carboxylic acids is 1. The van der Waals surface area contributed by atoms with Crippen molar-refractivity contribution in [3.8, 4) is 0 Å². The summed E-state index contributed by atoms with van der Waals surface area (Å²) in [7, 11) is 0. The van der Waals surface area contributed by atoms with Gasteiger partial charge < -0.3 is 10.6 Å². The first-order chi connectivity index (χ1) is 8.60. The first-order valence-corrected chi connectivity index (χ1v) is 6.35. The van der Waals surface area contributed by atoms with E-state index in [0.29, 0.717) is 17.9 Å². The van der Waals surface area contributed by atoms with Crippen molar-refractivity contribution in [3.63, 3.8) is 0 Å². The number of hydrogen-bond donors (Lipinski definition) is 2. The highest BCUT2D eigenvalue weighted by Gasteiger charge is 2.35. The van der Waals surface area contributed by atoms with Gasteiger partial charge in [-0.1, -0.05) is 32.1 Å². The van der Waals surface area contributed by atoms with Gasteiger partial charge in [-0.25, -0.2) is 0 Å². The summed E-state index contributed by atoms with van der Waals surface area (Å²) in [6.07, 6.45) is -4.47. The lowest BCUT2D eigenvalue weighted by molar-refractivity contribution is -0.138. The summed E-state index contributed by atoms with van der Waals surface area (Å²) in [5, 5.41) is 10.8. The molecule has 0 saturated carbocycles. The summed E-state index contributed by atoms with van der Waals surface area (Å²) in [4.78, 5) is 11.5. The molecule has 0 spiro atoms. The van der Waals surface area contributed by atoms with Gasteiger partial charge in [-0.05, 0) is 0 Å². The van der Waals surface area contributed by atoms with E-state index in [1.807, 2.05) is 0 Å². The van der Waals surface area contributed by atoms with E-state index in [4.69, 9.17) is 0 Å². The molecule has 0 atom stereocenters. The predicted octanol–water partition coefficient (Wildman–Crippen LogP) is 2.13. The fraction of sp³-hybridized carbons (Fsp3) is 0.700. The quantitative estimate of drug-likeness (QED) is 0.835. The van der Waals surface area contributed by atoms with Crippen LogP contribution >= 0.6 is 11.3 Å². The molecule has 2 N–H and O–H groups in total. The average Bonchev–Trinajstić information content (AvgIpc) is 2.70. The number of rotatable bonds is 4. The molecular weight excluding hydrogens is 281 g/mol. The second-order valence-electron chi connectivity index (χ2n) is 4.84. The number of anilines is 1. The fourth-order valence-corrected chi connectivity index (χ4v) is 1.66. The van der Waals surface area contributed by atoms with E-state index in [2.05, 4.69) is 20.8 Å². The van der Waals surface area contributed by atoms with Crippen LogP contribution in [-0.4, -0.2) is 29.2 Å². The standard InChI is InChI=1S/C10H15F3N4OS/c1-9(2,3)6(18)14-4-5-15-8-17-16-7(19-8)10(11,12)13/h4-5H2,1-3H3,(H,14,18)(H,15,17). The summed E-state index contributed by atoms with van der Waals surface area (Å²) < 4.78 is 36.7. The Labute approximate surface area is 112 Å². The van der Waals surface area contributed by atoms with Crippen LogP contribution in [0.4, 0.5) is 18.3 Å². The maximum absolute atomic E-state index is 12.2. The van der Waals surface area contributed by atoms with Gasteiger partial charge in [0.1, 0.15) is 0 Å². The van der Waals surface area contributed by atoms with Crippen LogP contribution in [0.25, 0.3) is 0 Å². The van der Waals surface area contributed by atoms with Crippen LogP contribution in [0.5, 0.6) is 0 Å². The Bertz CT molecular complexity index is 439. The van der Waals surface area contributed by atoms with Crippen molar-refractivity contribution in [2.45, 2.75) is 26.9 Å². The van der Waals surface area contributed by atoms with Gasteiger partial charge in [-0.3, -0.25) is 4.79 Å². The Kier molecular flexibility index (Phi) is 4.72. The fourth-order valence-electron chi connectivity index (χ4n) is 1.02. The second-order valence-corrected chi connectivity index (χ2v) is 5.82. The molecule has 1 heterocycles. The first kappa shape index (κ1) is 15.7. The first-order valence-electron chi connectivity index (χ1n) is 5.53. The molecule has 0 aromatic carbocycles. The van der Waals surface area contributed by atoms with Crippen molar-refractivity contribution < 1.29 is 18.0 Å². The summed E-state index contributed by atoms with van der Waals surface area (Å²) in [5.74, 6) is -0.123. The van der Waals surface area contributed by atoms with Crippen molar-refractivity contribution in [1.29, 1.82) is 0 Å². The van der Waals surface area contributed by atoms with Crippen LogP contribution in [0.1, 0.15) is 25.8 Å². The second kappa shape index (κ2) is 5.72. The molecule has 0 saturated heterocycles. The molecule has 0 aliphatic rings. The molecule has 0 radical (unpaired) electrons. The van der Waals surface area contributed by atoms with Crippen molar-refractivity contribution >= 4 is 22.4 Å². The minimum atomic E-state index is -4.47. The normalized spacial score (nSPS) is 12.3. The lowest BCUT2D eigenvalue weighted by Gasteiger charge is -2.17. The Morgan fingerprint density at radius 3 is 2.32 bits per heavy atom. The lowest BCUT2D eigenvalue weighted by atomic mass is 9.96. The van der Waals surface area contributed by atoms with Gasteiger partial charge in [0.2, 0.25) is 16.0 Å². The number of alkyl halides is 3. The van der Waals surface area contributed by atoms with Crippen LogP contribution in [0.15, 0.2) is 0 Å². The van der Waals surface area contributed by atoms with Crippen LogP contribution in [0.2, 0.25) is 0 Å². The third kappa shape index (κ3) is 5.01. The predicted molar refractivity (Wildman–Crippen MR) is 65.9 cm³/mol. The van der Waals surface area contributed by atoms with Gasteiger partial charge in [0.25, 0.3) is 0 Å². The van der Waals surface area contributed by atoms with E-state index in [9.17, 15) is 18.0 Å². The SMILES string of the molecule is CC(C)(C)C(=O)NCCNc1nnc(C(F)(F)F)s1. The highest BCUT2D eigenvalue weighted by atomic mass is 32.1. The van der Waals surface area contributed by atoms with E-state index in [1.165, 1.54) is 0 Å². The minimum absolute atomic E-state index is 0.0809. The molecule has 0 unspecified atom stereocenters. The molecule has 1 aromatic rings. The third-order valence-corrected chi connectivity index (χ3v) is 2.96. The molecule has 9 heteroatoms. The van der Waals surface area contributed by atoms with E-state index in [1.54, 1.807) is 20.8 Å². The largest absolute Gasteiger partial charge is 0.445 e. The zero-order valence-corrected chi connectivity index (χ0v) is 11.6. The molecule has 0 bridgehead atoms. The molecule has 1 rings (SSSR count). The highest BCUT2D eigenvalue weighted by Crippen LogP contribution is 2.32. The monoisotopic (exact) mass is 296 g/mol. The number of carbonyl (C=O) groups is 1. The molecule has 108 valence electrons. The van der Waals surface area contributed by atoms with Crippen molar-refractivity contribution in [1.82, 2.24) is 15.5 Å². The van der Waals surface area contributed by atoms with Gasteiger partial charge in [0, 0.05) is 18.5 Å². The molecule has 5 nitrogen and oxygen atoms in total. The van der Waals surface area contributed by atoms with Gasteiger partial charge in [-0.15, -0.1) is 10.2 Å². The Morgan fingerprint density at radius 2 is 1.84 bits per heavy atom. The summed E-state index contributed by atoms with van der Waals surface area (Å²) in [6, 6.07) is 0. The van der Waals surface area contributed by atoms with Crippen molar-refractivity contribution in [2.24, 2.45) is 5.41 Å². The van der Waals surface area contributed by atoms with E-state index in [0.717, 1.165) is 0 Å². The molecule has 0 fully saturated rings. The summed E-state index contributed by atoms with van der Waals surface area (Å²) >= 11 is 0.433. The molecule has 19 heavy (non-hydrogen) atoms. The van der Waals surface area contributed by atoms with E-state index >= 15 is 0 Å². The zero-order valence-electron chi connectivity index (χ0n) is 10.8. The van der Waals surface area contributed by atoms with Crippen LogP contribution in [0, 0.1) is 5.41 Å². The summed E-state index contributed by atoms with van der Waals surface area (Å²) in [6.45, 7) is 5.91. The Hall–Kier alpha value is -1.38. The third-order valence-electron chi connectivity index (χ3n) is 2.04. The number of amides is 1. The average molecular weight is 296 g/mol. The minimum Gasteiger partial charge on any atom is -0.358 e. The number of nitrogens with zero attached hydrogens (tertiary/aromatic N) is 2. The summed E-state index contributed by atoms with van der Waals surface area (Å²) in [5.41, 5.74) is -0.494. The van der Waals surface area contributed by atoms with Gasteiger partial charge in [-0.2, -0.15) is 13.2 Å². The van der Waals surface area contributed by atoms with Crippen LogP contribution < -0.4 is 10.6 Å². The molecular formula is C10H15F3N4OS. The number of halogens is 3. The Balaban J connectivity index is 2.35. The molecule has 0 aliphatic carbocycles. The smallest absolute Gasteiger partial charge is 0.358 e. The topological polar surface area (TPSA) is 66.9 Å². The Morgan fingerprint density at radius 1 is 1.21 bits per heavy atom. The van der Waals surface area contributed by atoms with Gasteiger partial charge in [0.05, 0.1) is 0 Å². The number of aromatic nitrogens is 2. The van der Waals surface area contributed by atoms with E-state index in [-0.39, 0.29) is 17.6 Å². The van der Waals surface area contributed by atoms with Crippen molar-refractivity contribution in [2.75, 3.05) is 18.4 Å². The highest BCUT2D eigenvalue weighted by molar-refractivity contribution is 7.15. The number of hydrogen-bond acceptors (Lipinski definition) is 5. The van der Waals surface area contributed by atoms with Crippen LogP contribution in [-0.2, 0) is 11.0 Å². The maximum Gasteiger partial charge on any atom is 0.445 e. The molecule has 1 aromatic heterocycles. The van der Waals surface area contributed by atoms with Gasteiger partial charge in [0.15, 0.2) is 0 Å². The molecule has 1 amide bonds. The lowest BCUT2D eigenvalue weighted by Crippen LogP contribution is -2.37. The van der Waals surface area contributed by atoms with Gasteiger partial charge >= 0.3 is 6.18 Å². The van der Waals surface area contributed by atoms with Crippen molar-refractivity contribution in [3.05, 3.63) is 5.01 Å². The van der Waals surface area contributed by atoms with Crippen LogP contribution in [0.3, 0.4) is 0 Å².